The Morgan fingerprint density at radius 1 is 0.848 bits per heavy atom. The molecule has 14 atom stereocenters. The Bertz CT molecular complexity index is 2320. The topological polar surface area (TPSA) is 285 Å². The van der Waals surface area contributed by atoms with Crippen molar-refractivity contribution < 1.29 is 72.4 Å². The van der Waals surface area contributed by atoms with Gasteiger partial charge in [0.2, 0.25) is 35.4 Å². The number of amides is 6. The molecule has 5 N–H and O–H groups in total. The van der Waals surface area contributed by atoms with Gasteiger partial charge in [0, 0.05) is 38.9 Å². The Hall–Kier alpha value is -5.96. The van der Waals surface area contributed by atoms with Gasteiger partial charge in [0.05, 0.1) is 31.6 Å². The maximum absolute atomic E-state index is 15.0. The summed E-state index contributed by atoms with van der Waals surface area (Å²) in [7, 11) is 4.32. The molecule has 2 saturated heterocycles. The Labute approximate surface area is 466 Å². The average Bonchev–Trinajstić information content (AvgIpc) is 4.13. The Kier molecular flexibility index (Phi) is 24.5. The summed E-state index contributed by atoms with van der Waals surface area (Å²) in [5, 5.41) is 30.3. The van der Waals surface area contributed by atoms with Crippen LogP contribution in [0.3, 0.4) is 0 Å². The van der Waals surface area contributed by atoms with E-state index in [1.807, 2.05) is 27.7 Å². The summed E-state index contributed by atoms with van der Waals surface area (Å²) >= 11 is 0. The molecule has 2 heterocycles. The fourth-order valence-corrected chi connectivity index (χ4v) is 10.9. The number of carbonyl (C=O) groups excluding carboxylic acids is 10. The number of ketones is 2. The number of esters is 2. The minimum atomic E-state index is -1.75. The molecule has 0 bridgehead atoms. The largest absolute Gasteiger partial charge is 0.497 e. The SMILES string of the molecule is CC[C@H](C)[C@H]1NC(=O)C(NC(=O)C(CC(C)C)N(C)C(=O)C2CCCC2C(=O)C(C)O)[C@@H](C)OC(=O)[C@H](Cc2ccc(OC)cc2)N(C)C(=O)[C@@H]2CCCN2C(=O)[C@H](CC(C)C)NC(=O)[C@@H](C)C(=O)[C@H](C(C)C)OC(=O)CC1O. The molecule has 1 aromatic carbocycles. The Morgan fingerprint density at radius 3 is 2.05 bits per heavy atom. The molecule has 21 heteroatoms. The fraction of sp³-hybridized carbons (Fsp3) is 0.724. The van der Waals surface area contributed by atoms with Crippen molar-refractivity contribution in [1.29, 1.82) is 0 Å². The first-order chi connectivity index (χ1) is 37.0. The first kappa shape index (κ1) is 65.6. The van der Waals surface area contributed by atoms with Gasteiger partial charge in [0.1, 0.15) is 48.2 Å². The van der Waals surface area contributed by atoms with E-state index in [9.17, 15) is 53.4 Å². The van der Waals surface area contributed by atoms with Crippen LogP contribution in [0.2, 0.25) is 0 Å². The van der Waals surface area contributed by atoms with Gasteiger partial charge >= 0.3 is 11.9 Å². The number of methoxy groups -OCH3 is 1. The molecule has 0 aromatic heterocycles. The minimum absolute atomic E-state index is 0.0905. The second-order valence-corrected chi connectivity index (χ2v) is 23.3. The summed E-state index contributed by atoms with van der Waals surface area (Å²) in [5.74, 6) is -11.5. The number of likely N-dealkylation sites (N-methyl/N-ethyl adjacent to an activating group) is 2. The van der Waals surface area contributed by atoms with E-state index in [-0.39, 0.29) is 44.1 Å². The highest BCUT2D eigenvalue weighted by Gasteiger charge is 2.46. The zero-order valence-electron chi connectivity index (χ0n) is 48.9. The van der Waals surface area contributed by atoms with E-state index in [1.54, 1.807) is 52.0 Å². The second kappa shape index (κ2) is 29.5. The molecule has 21 nitrogen and oxygen atoms in total. The lowest BCUT2D eigenvalue weighted by Crippen LogP contribution is -2.62. The molecule has 0 spiro atoms. The number of nitrogens with one attached hydrogen (secondary N) is 3. The van der Waals surface area contributed by atoms with Crippen LogP contribution in [-0.2, 0) is 63.8 Å². The molecule has 442 valence electrons. The third-order valence-corrected chi connectivity index (χ3v) is 15.9. The quantitative estimate of drug-likeness (QED) is 0.117. The average molecular weight is 1110 g/mol. The lowest BCUT2D eigenvalue weighted by atomic mass is 9.88. The number of Topliss-reactive ketones (excluding diaryl/α,β-unsaturated/α-hetero) is 2. The van der Waals surface area contributed by atoms with Gasteiger partial charge in [-0.25, -0.2) is 4.79 Å². The van der Waals surface area contributed by atoms with Crippen LogP contribution in [0.15, 0.2) is 24.3 Å². The van der Waals surface area contributed by atoms with Crippen LogP contribution in [0.5, 0.6) is 5.75 Å². The van der Waals surface area contributed by atoms with Crippen molar-refractivity contribution in [1.82, 2.24) is 30.7 Å². The van der Waals surface area contributed by atoms with Crippen LogP contribution in [0, 0.1) is 41.4 Å². The fourth-order valence-electron chi connectivity index (χ4n) is 10.9. The molecule has 1 aliphatic carbocycles. The number of cyclic esters (lactones) is 2. The number of rotatable bonds is 16. The molecule has 6 unspecified atom stereocenters. The van der Waals surface area contributed by atoms with E-state index in [4.69, 9.17) is 14.2 Å². The summed E-state index contributed by atoms with van der Waals surface area (Å²) in [6.07, 6.45) is -4.34. The van der Waals surface area contributed by atoms with Gasteiger partial charge in [-0.05, 0) is 101 Å². The van der Waals surface area contributed by atoms with E-state index < -0.39 is 156 Å². The van der Waals surface area contributed by atoms with E-state index in [0.717, 1.165) is 0 Å². The van der Waals surface area contributed by atoms with Crippen molar-refractivity contribution >= 4 is 58.9 Å². The molecule has 3 aliphatic rings. The van der Waals surface area contributed by atoms with Gasteiger partial charge in [0.15, 0.2) is 17.7 Å². The lowest BCUT2D eigenvalue weighted by molar-refractivity contribution is -0.163. The molecule has 2 aliphatic heterocycles. The Balaban J connectivity index is 1.89. The molecule has 6 amide bonds. The standard InChI is InChI=1S/C58H90N6O15/c1-15-33(8)47-45(66)29-46(67)79-51(32(6)7)49(68)34(9)52(70)59-41(26-30(2)3)56(74)64-25-17-20-42(64)57(75)63(13)44(28-37-21-23-38(77-14)24-22-37)58(76)78-36(11)48(54(72)60-47)61-53(71)43(27-31(4)5)62(12)55(73)40-19-16-18-39(40)50(69)35(10)65/h21-24,30-36,39-45,47-48,51,65-66H,15-20,25-29H2,1-14H3,(H,59,70)(H,60,72)(H,61,71)/t33-,34-,35?,36+,39?,40?,41-,42-,43?,44-,45?,47+,48?,51-/m0/s1. The van der Waals surface area contributed by atoms with Crippen molar-refractivity contribution in [2.75, 3.05) is 27.7 Å². The van der Waals surface area contributed by atoms with Crippen LogP contribution in [-0.4, -0.2) is 172 Å². The van der Waals surface area contributed by atoms with Gasteiger partial charge in [-0.15, -0.1) is 0 Å². The summed E-state index contributed by atoms with van der Waals surface area (Å²) in [6, 6.07) is -1.14. The number of carbonyl (C=O) groups is 10. The number of ether oxygens (including phenoxy) is 3. The van der Waals surface area contributed by atoms with Crippen LogP contribution < -0.4 is 20.7 Å². The predicted molar refractivity (Wildman–Crippen MR) is 291 cm³/mol. The molecule has 79 heavy (non-hydrogen) atoms. The van der Waals surface area contributed by atoms with Gasteiger partial charge < -0.3 is 55.1 Å². The van der Waals surface area contributed by atoms with Gasteiger partial charge in [0.25, 0.3) is 0 Å². The maximum atomic E-state index is 15.0. The maximum Gasteiger partial charge on any atom is 0.329 e. The molecule has 1 saturated carbocycles. The zero-order valence-corrected chi connectivity index (χ0v) is 48.9. The number of aliphatic hydroxyl groups excluding tert-OH is 2. The second-order valence-electron chi connectivity index (χ2n) is 23.3. The number of nitrogens with zero attached hydrogens (tertiary/aromatic N) is 3. The molecule has 3 fully saturated rings. The summed E-state index contributed by atoms with van der Waals surface area (Å²) < 4.78 is 17.2. The van der Waals surface area contributed by atoms with Crippen LogP contribution >= 0.6 is 0 Å². The highest BCUT2D eigenvalue weighted by molar-refractivity contribution is 6.05. The summed E-state index contributed by atoms with van der Waals surface area (Å²) in [6.45, 7) is 18.3. The van der Waals surface area contributed by atoms with Gasteiger partial charge in [-0.1, -0.05) is 80.4 Å². The third kappa shape index (κ3) is 17.0. The monoisotopic (exact) mass is 1110 g/mol. The van der Waals surface area contributed by atoms with E-state index >= 15 is 4.79 Å². The first-order valence-electron chi connectivity index (χ1n) is 28.3. The molecular weight excluding hydrogens is 1020 g/mol. The number of hydrogen-bond donors (Lipinski definition) is 5. The smallest absolute Gasteiger partial charge is 0.329 e. The highest BCUT2D eigenvalue weighted by atomic mass is 16.6. The molecular formula is C58H90N6O15. The van der Waals surface area contributed by atoms with Crippen molar-refractivity contribution in [3.63, 3.8) is 0 Å². The van der Waals surface area contributed by atoms with E-state index in [0.29, 0.717) is 43.4 Å². The normalized spacial score (nSPS) is 28.6. The summed E-state index contributed by atoms with van der Waals surface area (Å²) in [5.41, 5.74) is 0.574. The minimum Gasteiger partial charge on any atom is -0.497 e. The molecule has 4 rings (SSSR count). The lowest BCUT2D eigenvalue weighted by Gasteiger charge is -2.36. The predicted octanol–water partition coefficient (Wildman–Crippen LogP) is 3.31. The number of fused-ring (bicyclic) bond motifs is 1. The van der Waals surface area contributed by atoms with Crippen molar-refractivity contribution in [3.8, 4) is 5.75 Å². The first-order valence-corrected chi connectivity index (χ1v) is 28.3. The summed E-state index contributed by atoms with van der Waals surface area (Å²) in [4.78, 5) is 147. The van der Waals surface area contributed by atoms with Gasteiger partial charge in [-0.3, -0.25) is 43.2 Å². The molecule has 1 aromatic rings. The number of aliphatic hydroxyl groups is 2. The third-order valence-electron chi connectivity index (χ3n) is 15.9. The highest BCUT2D eigenvalue weighted by Crippen LogP contribution is 2.35. The number of hydrogen-bond acceptors (Lipinski definition) is 15. The zero-order chi connectivity index (χ0) is 59.3. The van der Waals surface area contributed by atoms with Crippen molar-refractivity contribution in [2.24, 2.45) is 41.4 Å². The number of benzene rings is 1. The van der Waals surface area contributed by atoms with Crippen molar-refractivity contribution in [3.05, 3.63) is 29.8 Å². The van der Waals surface area contributed by atoms with Crippen LogP contribution in [0.1, 0.15) is 140 Å². The van der Waals surface area contributed by atoms with Crippen molar-refractivity contribution in [2.45, 2.75) is 201 Å². The van der Waals surface area contributed by atoms with E-state index in [2.05, 4.69) is 16.0 Å². The van der Waals surface area contributed by atoms with E-state index in [1.165, 1.54) is 56.7 Å². The van der Waals surface area contributed by atoms with Gasteiger partial charge in [-0.2, -0.15) is 0 Å². The Morgan fingerprint density at radius 2 is 1.48 bits per heavy atom. The molecule has 0 radical (unpaired) electrons. The van der Waals surface area contributed by atoms with Crippen LogP contribution in [0.4, 0.5) is 0 Å². The van der Waals surface area contributed by atoms with Crippen LogP contribution in [0.25, 0.3) is 0 Å².